The topological polar surface area (TPSA) is 64.6 Å². The monoisotopic (exact) mass is 389 g/mol. The number of hydrogen-bond acceptors (Lipinski definition) is 5. The van der Waals surface area contributed by atoms with Gasteiger partial charge in [0.05, 0.1) is 20.3 Å². The third-order valence-corrected chi connectivity index (χ3v) is 5.79. The Labute approximate surface area is 169 Å². The fourth-order valence-electron chi connectivity index (χ4n) is 4.36. The number of methoxy groups -OCH3 is 2. The van der Waals surface area contributed by atoms with Gasteiger partial charge in [-0.3, -0.25) is 9.59 Å². The SMILES string of the molecule is COC(=O)C1(C(=O)OC)C[C@H](c2ccc3ccccc3c2)N[C@@H]1c1ccccc1. The Morgan fingerprint density at radius 2 is 1.45 bits per heavy atom. The van der Waals surface area contributed by atoms with Gasteiger partial charge in [0.25, 0.3) is 0 Å². The van der Waals surface area contributed by atoms with E-state index in [1.54, 1.807) is 0 Å². The quantitative estimate of drug-likeness (QED) is 0.541. The summed E-state index contributed by atoms with van der Waals surface area (Å²) in [6.45, 7) is 0. The molecule has 2 atom stereocenters. The summed E-state index contributed by atoms with van der Waals surface area (Å²) in [7, 11) is 2.61. The smallest absolute Gasteiger partial charge is 0.325 e. The zero-order valence-electron chi connectivity index (χ0n) is 16.4. The van der Waals surface area contributed by atoms with E-state index < -0.39 is 23.4 Å². The molecule has 5 nitrogen and oxygen atoms in total. The van der Waals surface area contributed by atoms with E-state index in [-0.39, 0.29) is 12.5 Å². The maximum atomic E-state index is 12.9. The van der Waals surface area contributed by atoms with Crippen LogP contribution in [0.5, 0.6) is 0 Å². The molecule has 1 aliphatic rings. The number of esters is 2. The third-order valence-electron chi connectivity index (χ3n) is 5.79. The van der Waals surface area contributed by atoms with Crippen LogP contribution >= 0.6 is 0 Å². The van der Waals surface area contributed by atoms with Gasteiger partial charge in [-0.2, -0.15) is 0 Å². The first-order valence-electron chi connectivity index (χ1n) is 9.56. The highest BCUT2D eigenvalue weighted by Crippen LogP contribution is 2.50. The minimum absolute atomic E-state index is 0.206. The maximum absolute atomic E-state index is 12.9. The highest BCUT2D eigenvalue weighted by atomic mass is 16.5. The van der Waals surface area contributed by atoms with Crippen LogP contribution in [0.1, 0.15) is 29.6 Å². The van der Waals surface area contributed by atoms with E-state index >= 15 is 0 Å². The molecule has 1 N–H and O–H groups in total. The first-order valence-corrected chi connectivity index (χ1v) is 9.56. The fourth-order valence-corrected chi connectivity index (χ4v) is 4.36. The van der Waals surface area contributed by atoms with Gasteiger partial charge in [-0.05, 0) is 34.4 Å². The number of carbonyl (C=O) groups is 2. The van der Waals surface area contributed by atoms with Gasteiger partial charge in [0, 0.05) is 6.04 Å². The van der Waals surface area contributed by atoms with E-state index in [4.69, 9.17) is 9.47 Å². The zero-order chi connectivity index (χ0) is 20.4. The highest BCUT2D eigenvalue weighted by Gasteiger charge is 2.60. The number of fused-ring (bicyclic) bond motifs is 1. The summed E-state index contributed by atoms with van der Waals surface area (Å²) >= 11 is 0. The van der Waals surface area contributed by atoms with E-state index in [1.165, 1.54) is 14.2 Å². The molecule has 4 rings (SSSR count). The summed E-state index contributed by atoms with van der Waals surface area (Å²) in [6.07, 6.45) is 0.254. The molecule has 0 amide bonds. The highest BCUT2D eigenvalue weighted by molar-refractivity contribution is 6.01. The van der Waals surface area contributed by atoms with E-state index in [9.17, 15) is 9.59 Å². The molecule has 0 unspecified atom stereocenters. The molecule has 0 saturated carbocycles. The largest absolute Gasteiger partial charge is 0.468 e. The van der Waals surface area contributed by atoms with Crippen molar-refractivity contribution in [3.63, 3.8) is 0 Å². The van der Waals surface area contributed by atoms with Crippen molar-refractivity contribution < 1.29 is 19.1 Å². The molecule has 1 fully saturated rings. The van der Waals surface area contributed by atoms with Crippen molar-refractivity contribution in [3.05, 3.63) is 83.9 Å². The van der Waals surface area contributed by atoms with Crippen LogP contribution in [0.4, 0.5) is 0 Å². The van der Waals surface area contributed by atoms with Crippen molar-refractivity contribution in [3.8, 4) is 0 Å². The van der Waals surface area contributed by atoms with Gasteiger partial charge in [-0.25, -0.2) is 0 Å². The number of nitrogens with one attached hydrogen (secondary N) is 1. The molecule has 0 aromatic heterocycles. The second-order valence-electron chi connectivity index (χ2n) is 7.33. The second-order valence-corrected chi connectivity index (χ2v) is 7.33. The summed E-state index contributed by atoms with van der Waals surface area (Å²) in [4.78, 5) is 25.9. The predicted octanol–water partition coefficient (Wildman–Crippen LogP) is 3.95. The van der Waals surface area contributed by atoms with Gasteiger partial charge >= 0.3 is 11.9 Å². The van der Waals surface area contributed by atoms with Crippen LogP contribution in [0, 0.1) is 5.41 Å². The maximum Gasteiger partial charge on any atom is 0.325 e. The van der Waals surface area contributed by atoms with Crippen LogP contribution in [-0.2, 0) is 19.1 Å². The first kappa shape index (κ1) is 19.2. The van der Waals surface area contributed by atoms with Crippen LogP contribution in [0.25, 0.3) is 10.8 Å². The molecular formula is C24H23NO4. The molecule has 29 heavy (non-hydrogen) atoms. The molecular weight excluding hydrogens is 366 g/mol. The Kier molecular flexibility index (Phi) is 5.07. The Morgan fingerprint density at radius 1 is 0.828 bits per heavy atom. The summed E-state index contributed by atoms with van der Waals surface area (Å²) in [5, 5.41) is 5.76. The second kappa shape index (κ2) is 7.68. The molecule has 3 aromatic carbocycles. The van der Waals surface area contributed by atoms with Gasteiger partial charge < -0.3 is 14.8 Å². The summed E-state index contributed by atoms with van der Waals surface area (Å²) in [5.41, 5.74) is 0.396. The van der Waals surface area contributed by atoms with Crippen molar-refractivity contribution in [2.75, 3.05) is 14.2 Å². The lowest BCUT2D eigenvalue weighted by atomic mass is 9.76. The van der Waals surface area contributed by atoms with Crippen LogP contribution in [0.15, 0.2) is 72.8 Å². The van der Waals surface area contributed by atoms with E-state index in [2.05, 4.69) is 29.6 Å². The van der Waals surface area contributed by atoms with Gasteiger partial charge in [0.15, 0.2) is 5.41 Å². The third kappa shape index (κ3) is 3.17. The minimum atomic E-state index is -1.46. The predicted molar refractivity (Wildman–Crippen MR) is 110 cm³/mol. The molecule has 1 saturated heterocycles. The van der Waals surface area contributed by atoms with Crippen molar-refractivity contribution >= 4 is 22.7 Å². The van der Waals surface area contributed by atoms with Gasteiger partial charge in [-0.15, -0.1) is 0 Å². The van der Waals surface area contributed by atoms with Crippen molar-refractivity contribution in [1.82, 2.24) is 5.32 Å². The Hall–Kier alpha value is -3.18. The lowest BCUT2D eigenvalue weighted by Gasteiger charge is -2.29. The molecule has 1 aliphatic heterocycles. The van der Waals surface area contributed by atoms with Gasteiger partial charge in [-0.1, -0.05) is 66.7 Å². The average Bonchev–Trinajstić information content (AvgIpc) is 3.20. The van der Waals surface area contributed by atoms with Crippen LogP contribution in [-0.4, -0.2) is 26.2 Å². The number of ether oxygens (including phenoxy) is 2. The van der Waals surface area contributed by atoms with Crippen molar-refractivity contribution in [2.24, 2.45) is 5.41 Å². The summed E-state index contributed by atoms with van der Waals surface area (Å²) in [5.74, 6) is -1.18. The average molecular weight is 389 g/mol. The molecule has 0 bridgehead atoms. The number of rotatable bonds is 4. The Bertz CT molecular complexity index is 1030. The van der Waals surface area contributed by atoms with Crippen LogP contribution in [0.2, 0.25) is 0 Å². The standard InChI is InChI=1S/C24H23NO4/c1-28-22(26)24(23(27)29-2)15-20(25-21(24)17-9-4-3-5-10-17)19-13-12-16-8-6-7-11-18(16)14-19/h3-14,20-21,25H,15H2,1-2H3/t20-,21-/m1/s1. The first-order chi connectivity index (χ1) is 14.1. The lowest BCUT2D eigenvalue weighted by Crippen LogP contribution is -2.45. The fraction of sp³-hybridized carbons (Fsp3) is 0.250. The van der Waals surface area contributed by atoms with E-state index in [0.717, 1.165) is 21.9 Å². The van der Waals surface area contributed by atoms with Crippen LogP contribution < -0.4 is 5.32 Å². The van der Waals surface area contributed by atoms with Crippen LogP contribution in [0.3, 0.4) is 0 Å². The Morgan fingerprint density at radius 3 is 2.10 bits per heavy atom. The van der Waals surface area contributed by atoms with Crippen molar-refractivity contribution in [1.29, 1.82) is 0 Å². The molecule has 148 valence electrons. The molecule has 5 heteroatoms. The number of benzene rings is 3. The lowest BCUT2D eigenvalue weighted by molar-refractivity contribution is -0.170. The zero-order valence-corrected chi connectivity index (χ0v) is 16.4. The minimum Gasteiger partial charge on any atom is -0.468 e. The molecule has 0 radical (unpaired) electrons. The Balaban J connectivity index is 1.82. The molecule has 0 aliphatic carbocycles. The van der Waals surface area contributed by atoms with E-state index in [1.807, 2.05) is 48.5 Å². The summed E-state index contributed by atoms with van der Waals surface area (Å²) < 4.78 is 10.2. The number of hydrogen-bond donors (Lipinski definition) is 1. The van der Waals surface area contributed by atoms with E-state index in [0.29, 0.717) is 0 Å². The van der Waals surface area contributed by atoms with Crippen molar-refractivity contribution in [2.45, 2.75) is 18.5 Å². The molecule has 0 spiro atoms. The molecule has 3 aromatic rings. The van der Waals surface area contributed by atoms with Gasteiger partial charge in [0.2, 0.25) is 0 Å². The van der Waals surface area contributed by atoms with Gasteiger partial charge in [0.1, 0.15) is 0 Å². The molecule has 1 heterocycles. The normalized spacial score (nSPS) is 20.3. The number of carbonyl (C=O) groups excluding carboxylic acids is 2. The summed E-state index contributed by atoms with van der Waals surface area (Å²) in [6, 6.07) is 23.0.